The summed E-state index contributed by atoms with van der Waals surface area (Å²) in [6.45, 7) is 2.94. The van der Waals surface area contributed by atoms with E-state index in [4.69, 9.17) is 10.5 Å². The summed E-state index contributed by atoms with van der Waals surface area (Å²) >= 11 is 0. The standard InChI is InChI=1S/C21H24N2O3/c1-2-20(24)16-8-10-17(11-9-16)26-14-21(25)23-12-18(19(22)13-23)15-6-4-3-5-7-15/h3-11,18-19H,2,12-14,22H2,1H3/t18-,19+/m0/s1. The lowest BCUT2D eigenvalue weighted by molar-refractivity contribution is -0.132. The fourth-order valence-corrected chi connectivity index (χ4v) is 3.26. The Bertz CT molecular complexity index is 759. The van der Waals surface area contributed by atoms with Gasteiger partial charge in [0.2, 0.25) is 0 Å². The van der Waals surface area contributed by atoms with Crippen LogP contribution in [0.5, 0.6) is 5.75 Å². The lowest BCUT2D eigenvalue weighted by atomic mass is 9.95. The molecule has 5 heteroatoms. The van der Waals surface area contributed by atoms with Gasteiger partial charge in [0, 0.05) is 37.0 Å². The highest BCUT2D eigenvalue weighted by Gasteiger charge is 2.33. The van der Waals surface area contributed by atoms with Gasteiger partial charge in [0.25, 0.3) is 5.91 Å². The molecule has 1 fully saturated rings. The minimum atomic E-state index is -0.0763. The predicted octanol–water partition coefficient (Wildman–Crippen LogP) is 2.61. The van der Waals surface area contributed by atoms with Gasteiger partial charge in [0.1, 0.15) is 5.75 Å². The number of hydrogen-bond donors (Lipinski definition) is 1. The van der Waals surface area contributed by atoms with Crippen molar-refractivity contribution in [3.63, 3.8) is 0 Å². The van der Waals surface area contributed by atoms with Crippen molar-refractivity contribution in [2.45, 2.75) is 25.3 Å². The molecule has 5 nitrogen and oxygen atoms in total. The van der Waals surface area contributed by atoms with E-state index in [1.165, 1.54) is 0 Å². The summed E-state index contributed by atoms with van der Waals surface area (Å²) in [4.78, 5) is 25.8. The number of ketones is 1. The van der Waals surface area contributed by atoms with Crippen LogP contribution in [0.3, 0.4) is 0 Å². The van der Waals surface area contributed by atoms with Gasteiger partial charge in [0.05, 0.1) is 0 Å². The van der Waals surface area contributed by atoms with E-state index in [0.717, 1.165) is 5.56 Å². The molecule has 0 saturated carbocycles. The third-order valence-corrected chi connectivity index (χ3v) is 4.81. The lowest BCUT2D eigenvalue weighted by Crippen LogP contribution is -2.35. The van der Waals surface area contributed by atoms with Crippen molar-refractivity contribution in [2.75, 3.05) is 19.7 Å². The normalized spacial score (nSPS) is 19.4. The van der Waals surface area contributed by atoms with Crippen LogP contribution in [-0.4, -0.2) is 42.3 Å². The number of nitrogens with zero attached hydrogens (tertiary/aromatic N) is 1. The van der Waals surface area contributed by atoms with Gasteiger partial charge in [-0.1, -0.05) is 37.3 Å². The molecule has 0 radical (unpaired) electrons. The maximum absolute atomic E-state index is 12.5. The van der Waals surface area contributed by atoms with Gasteiger partial charge in [-0.15, -0.1) is 0 Å². The maximum Gasteiger partial charge on any atom is 0.260 e. The molecule has 3 rings (SSSR count). The van der Waals surface area contributed by atoms with Crippen molar-refractivity contribution >= 4 is 11.7 Å². The van der Waals surface area contributed by atoms with Crippen LogP contribution in [0.1, 0.15) is 35.2 Å². The quantitative estimate of drug-likeness (QED) is 0.811. The van der Waals surface area contributed by atoms with Crippen LogP contribution in [0.2, 0.25) is 0 Å². The molecule has 0 aliphatic carbocycles. The highest BCUT2D eigenvalue weighted by atomic mass is 16.5. The smallest absolute Gasteiger partial charge is 0.260 e. The van der Waals surface area contributed by atoms with E-state index in [0.29, 0.717) is 30.8 Å². The summed E-state index contributed by atoms with van der Waals surface area (Å²) < 4.78 is 5.58. The minimum absolute atomic E-state index is 0.0324. The molecule has 1 amide bonds. The number of rotatable bonds is 6. The zero-order valence-corrected chi connectivity index (χ0v) is 14.9. The maximum atomic E-state index is 12.5. The monoisotopic (exact) mass is 352 g/mol. The first-order valence-electron chi connectivity index (χ1n) is 8.93. The highest BCUT2D eigenvalue weighted by Crippen LogP contribution is 2.26. The number of nitrogens with two attached hydrogens (primary N) is 1. The summed E-state index contributed by atoms with van der Waals surface area (Å²) in [6, 6.07) is 16.9. The fourth-order valence-electron chi connectivity index (χ4n) is 3.26. The molecule has 0 spiro atoms. The second-order valence-electron chi connectivity index (χ2n) is 6.57. The molecular formula is C21H24N2O3. The molecule has 2 atom stereocenters. The second kappa shape index (κ2) is 8.15. The van der Waals surface area contributed by atoms with Gasteiger partial charge in [-0.05, 0) is 29.8 Å². The Hall–Kier alpha value is -2.66. The van der Waals surface area contributed by atoms with Crippen molar-refractivity contribution < 1.29 is 14.3 Å². The number of hydrogen-bond acceptors (Lipinski definition) is 4. The van der Waals surface area contributed by atoms with Crippen LogP contribution in [0, 0.1) is 0 Å². The zero-order valence-electron chi connectivity index (χ0n) is 14.9. The summed E-state index contributed by atoms with van der Waals surface area (Å²) in [5.74, 6) is 0.742. The largest absolute Gasteiger partial charge is 0.484 e. The summed E-state index contributed by atoms with van der Waals surface area (Å²) in [7, 11) is 0. The minimum Gasteiger partial charge on any atom is -0.484 e. The first kappa shape index (κ1) is 18.1. The highest BCUT2D eigenvalue weighted by molar-refractivity contribution is 5.95. The van der Waals surface area contributed by atoms with Crippen LogP contribution < -0.4 is 10.5 Å². The molecule has 1 heterocycles. The molecule has 0 aromatic heterocycles. The van der Waals surface area contributed by atoms with Crippen LogP contribution in [0.15, 0.2) is 54.6 Å². The van der Waals surface area contributed by atoms with E-state index in [9.17, 15) is 9.59 Å². The number of carbonyl (C=O) groups excluding carboxylic acids is 2. The first-order valence-corrected chi connectivity index (χ1v) is 8.93. The van der Waals surface area contributed by atoms with E-state index in [1.54, 1.807) is 29.2 Å². The van der Waals surface area contributed by atoms with Gasteiger partial charge in [-0.2, -0.15) is 0 Å². The van der Waals surface area contributed by atoms with Gasteiger partial charge in [0.15, 0.2) is 12.4 Å². The number of carbonyl (C=O) groups is 2. The van der Waals surface area contributed by atoms with Crippen LogP contribution >= 0.6 is 0 Å². The molecule has 2 N–H and O–H groups in total. The lowest BCUT2D eigenvalue weighted by Gasteiger charge is -2.17. The molecule has 1 saturated heterocycles. The molecule has 2 aromatic rings. The average Bonchev–Trinajstić information content (AvgIpc) is 3.08. The van der Waals surface area contributed by atoms with Gasteiger partial charge in [-0.25, -0.2) is 0 Å². The fraction of sp³-hybridized carbons (Fsp3) is 0.333. The molecule has 1 aliphatic rings. The molecule has 1 aliphatic heterocycles. The summed E-state index contributed by atoms with van der Waals surface area (Å²) in [6.07, 6.45) is 0.469. The summed E-state index contributed by atoms with van der Waals surface area (Å²) in [5.41, 5.74) is 8.05. The van der Waals surface area contributed by atoms with Gasteiger partial charge >= 0.3 is 0 Å². The topological polar surface area (TPSA) is 72.6 Å². The molecule has 0 unspecified atom stereocenters. The van der Waals surface area contributed by atoms with Crippen LogP contribution in [0.25, 0.3) is 0 Å². The molecule has 0 bridgehead atoms. The first-order chi connectivity index (χ1) is 12.6. The van der Waals surface area contributed by atoms with Crippen molar-refractivity contribution in [2.24, 2.45) is 5.73 Å². The Morgan fingerprint density at radius 3 is 2.42 bits per heavy atom. The van der Waals surface area contributed by atoms with E-state index >= 15 is 0 Å². The van der Waals surface area contributed by atoms with Crippen molar-refractivity contribution in [1.29, 1.82) is 0 Å². The number of amides is 1. The Morgan fingerprint density at radius 2 is 1.77 bits per heavy atom. The number of likely N-dealkylation sites (tertiary alicyclic amines) is 1. The van der Waals surface area contributed by atoms with Crippen molar-refractivity contribution in [1.82, 2.24) is 4.90 Å². The van der Waals surface area contributed by atoms with E-state index in [1.807, 2.05) is 37.3 Å². The summed E-state index contributed by atoms with van der Waals surface area (Å²) in [5, 5.41) is 0. The Morgan fingerprint density at radius 1 is 1.08 bits per heavy atom. The Balaban J connectivity index is 1.55. The zero-order chi connectivity index (χ0) is 18.5. The predicted molar refractivity (Wildman–Crippen MR) is 100 cm³/mol. The van der Waals surface area contributed by atoms with E-state index < -0.39 is 0 Å². The Kier molecular flexibility index (Phi) is 5.68. The molecular weight excluding hydrogens is 328 g/mol. The number of Topliss-reactive ketones (excluding diaryl/α,β-unsaturated/α-hetero) is 1. The SMILES string of the molecule is CCC(=O)c1ccc(OCC(=O)N2C[C@@H](N)[C@H](c3ccccc3)C2)cc1. The van der Waals surface area contributed by atoms with Crippen molar-refractivity contribution in [3.05, 3.63) is 65.7 Å². The van der Waals surface area contributed by atoms with Crippen LogP contribution in [-0.2, 0) is 4.79 Å². The second-order valence-corrected chi connectivity index (χ2v) is 6.57. The number of ether oxygens (including phenoxy) is 1. The molecule has 26 heavy (non-hydrogen) atoms. The third-order valence-electron chi connectivity index (χ3n) is 4.81. The van der Waals surface area contributed by atoms with Gasteiger partial charge < -0.3 is 15.4 Å². The number of benzene rings is 2. The van der Waals surface area contributed by atoms with E-state index in [-0.39, 0.29) is 30.3 Å². The van der Waals surface area contributed by atoms with Crippen LogP contribution in [0.4, 0.5) is 0 Å². The average molecular weight is 352 g/mol. The molecule has 2 aromatic carbocycles. The molecule has 136 valence electrons. The third kappa shape index (κ3) is 4.11. The van der Waals surface area contributed by atoms with Gasteiger partial charge in [-0.3, -0.25) is 9.59 Å². The van der Waals surface area contributed by atoms with Crippen molar-refractivity contribution in [3.8, 4) is 5.75 Å². The Labute approximate surface area is 153 Å². The van der Waals surface area contributed by atoms with E-state index in [2.05, 4.69) is 0 Å².